The van der Waals surface area contributed by atoms with E-state index in [1.54, 1.807) is 0 Å². The smallest absolute Gasteiger partial charge is 0.226 e. The zero-order valence-corrected chi connectivity index (χ0v) is 11.7. The van der Waals surface area contributed by atoms with Crippen molar-refractivity contribution in [2.24, 2.45) is 0 Å². The van der Waals surface area contributed by atoms with Gasteiger partial charge in [0.25, 0.3) is 0 Å². The van der Waals surface area contributed by atoms with Gasteiger partial charge < -0.3 is 9.52 Å². The topological polar surface area (TPSA) is 53.7 Å². The van der Waals surface area contributed by atoms with E-state index in [1.165, 1.54) is 30.0 Å². The van der Waals surface area contributed by atoms with Crippen molar-refractivity contribution in [2.45, 2.75) is 31.3 Å². The first-order chi connectivity index (χ1) is 10.2. The minimum atomic E-state index is -0.380. The van der Waals surface area contributed by atoms with E-state index in [-0.39, 0.29) is 11.2 Å². The largest absolute Gasteiger partial charge is 0.502 e. The summed E-state index contributed by atoms with van der Waals surface area (Å²) in [7, 11) is 0. The Hall–Kier alpha value is -2.07. The van der Waals surface area contributed by atoms with Crippen molar-refractivity contribution in [3.8, 4) is 5.75 Å². The van der Waals surface area contributed by atoms with Crippen LogP contribution in [0.5, 0.6) is 5.75 Å². The van der Waals surface area contributed by atoms with E-state index in [0.717, 1.165) is 19.4 Å². The molecule has 1 aliphatic carbocycles. The molecule has 2 aliphatic rings. The van der Waals surface area contributed by atoms with Crippen LogP contribution in [0.25, 0.3) is 0 Å². The molecule has 0 atom stereocenters. The summed E-state index contributed by atoms with van der Waals surface area (Å²) >= 11 is 0. The molecule has 4 nitrogen and oxygen atoms in total. The lowest BCUT2D eigenvalue weighted by molar-refractivity contribution is 0.195. The van der Waals surface area contributed by atoms with Crippen LogP contribution in [0.3, 0.4) is 0 Å². The van der Waals surface area contributed by atoms with Crippen molar-refractivity contribution in [1.29, 1.82) is 0 Å². The van der Waals surface area contributed by atoms with Crippen LogP contribution in [-0.4, -0.2) is 16.6 Å². The van der Waals surface area contributed by atoms with Crippen LogP contribution >= 0.6 is 0 Å². The lowest BCUT2D eigenvalue weighted by Gasteiger charge is -2.34. The van der Waals surface area contributed by atoms with Crippen LogP contribution in [-0.2, 0) is 18.5 Å². The summed E-state index contributed by atoms with van der Waals surface area (Å²) in [6.07, 6.45) is 3.60. The molecule has 4 heteroatoms. The molecule has 1 N–H and O–H groups in total. The van der Waals surface area contributed by atoms with Crippen LogP contribution in [0.2, 0.25) is 0 Å². The molecule has 2 heterocycles. The van der Waals surface area contributed by atoms with E-state index < -0.39 is 0 Å². The summed E-state index contributed by atoms with van der Waals surface area (Å²) in [5, 5.41) is 9.25. The first-order valence-corrected chi connectivity index (χ1v) is 7.28. The fourth-order valence-corrected chi connectivity index (χ4v) is 3.42. The van der Waals surface area contributed by atoms with Crippen molar-refractivity contribution in [1.82, 2.24) is 4.90 Å². The van der Waals surface area contributed by atoms with E-state index in [0.29, 0.717) is 17.7 Å². The second-order valence-corrected chi connectivity index (χ2v) is 6.18. The van der Waals surface area contributed by atoms with Gasteiger partial charge in [-0.25, -0.2) is 0 Å². The molecule has 2 aromatic rings. The Kier molecular flexibility index (Phi) is 2.69. The molecular formula is C17H17NO3. The molecule has 0 saturated heterocycles. The van der Waals surface area contributed by atoms with E-state index in [4.69, 9.17) is 4.42 Å². The minimum Gasteiger partial charge on any atom is -0.502 e. The maximum Gasteiger partial charge on any atom is 0.226 e. The molecule has 0 bridgehead atoms. The van der Waals surface area contributed by atoms with Crippen molar-refractivity contribution in [2.75, 3.05) is 6.54 Å². The third-order valence-electron chi connectivity index (χ3n) is 4.61. The van der Waals surface area contributed by atoms with Crippen LogP contribution in [0.15, 0.2) is 45.8 Å². The SMILES string of the molecule is O=c1cc(CN2Cc3ccccc3C3(CC3)C2)occ1O. The highest BCUT2D eigenvalue weighted by Crippen LogP contribution is 2.52. The highest BCUT2D eigenvalue weighted by atomic mass is 16.4. The Balaban J connectivity index is 1.61. The van der Waals surface area contributed by atoms with Gasteiger partial charge in [-0.15, -0.1) is 0 Å². The fraction of sp³-hybridized carbons (Fsp3) is 0.353. The van der Waals surface area contributed by atoms with E-state index in [1.807, 2.05) is 0 Å². The van der Waals surface area contributed by atoms with Gasteiger partial charge in [-0.3, -0.25) is 9.69 Å². The monoisotopic (exact) mass is 283 g/mol. The lowest BCUT2D eigenvalue weighted by Crippen LogP contribution is -2.37. The predicted molar refractivity (Wildman–Crippen MR) is 78.1 cm³/mol. The number of fused-ring (bicyclic) bond motifs is 2. The lowest BCUT2D eigenvalue weighted by atomic mass is 9.87. The van der Waals surface area contributed by atoms with E-state index in [2.05, 4.69) is 29.2 Å². The average Bonchev–Trinajstić information content (AvgIpc) is 3.23. The Morgan fingerprint density at radius 3 is 2.86 bits per heavy atom. The van der Waals surface area contributed by atoms with Crippen LogP contribution < -0.4 is 5.43 Å². The molecule has 1 aromatic heterocycles. The summed E-state index contributed by atoms with van der Waals surface area (Å²) in [5.74, 6) is 0.273. The average molecular weight is 283 g/mol. The minimum absolute atomic E-state index is 0.312. The summed E-state index contributed by atoms with van der Waals surface area (Å²) in [4.78, 5) is 13.8. The second-order valence-electron chi connectivity index (χ2n) is 6.18. The number of hydrogen-bond acceptors (Lipinski definition) is 4. The maximum atomic E-state index is 11.5. The maximum absolute atomic E-state index is 11.5. The van der Waals surface area contributed by atoms with Crippen LogP contribution in [0.1, 0.15) is 29.7 Å². The molecule has 4 rings (SSSR count). The molecule has 1 aliphatic heterocycles. The predicted octanol–water partition coefficient (Wildman–Crippen LogP) is 2.39. The summed E-state index contributed by atoms with van der Waals surface area (Å²) in [6.45, 7) is 2.49. The molecule has 0 amide bonds. The van der Waals surface area contributed by atoms with Gasteiger partial charge in [-0.05, 0) is 24.0 Å². The van der Waals surface area contributed by atoms with E-state index in [9.17, 15) is 9.90 Å². The number of nitrogens with zero attached hydrogens (tertiary/aromatic N) is 1. The van der Waals surface area contributed by atoms with Crippen molar-refractivity contribution in [3.05, 3.63) is 63.7 Å². The van der Waals surface area contributed by atoms with Crippen LogP contribution in [0.4, 0.5) is 0 Å². The second kappa shape index (κ2) is 4.46. The Bertz CT molecular complexity index is 746. The van der Waals surface area contributed by atoms with Gasteiger partial charge in [0.2, 0.25) is 5.43 Å². The summed E-state index contributed by atoms with van der Waals surface area (Å²) in [6, 6.07) is 10.0. The standard InChI is InChI=1S/C17H17NO3/c19-15-7-13(21-10-16(15)20)9-18-8-12-3-1-2-4-14(12)17(11-18)5-6-17/h1-4,7,10,20H,5-6,8-9,11H2. The number of rotatable bonds is 2. The first-order valence-electron chi connectivity index (χ1n) is 7.28. The molecule has 1 spiro atoms. The summed E-state index contributed by atoms with van der Waals surface area (Å²) < 4.78 is 5.33. The zero-order chi connectivity index (χ0) is 14.4. The highest BCUT2D eigenvalue weighted by molar-refractivity contribution is 5.41. The zero-order valence-electron chi connectivity index (χ0n) is 11.7. The number of aromatic hydroxyl groups is 1. The molecular weight excluding hydrogens is 266 g/mol. The molecule has 108 valence electrons. The Labute approximate surface area is 122 Å². The van der Waals surface area contributed by atoms with E-state index >= 15 is 0 Å². The van der Waals surface area contributed by atoms with Crippen LogP contribution in [0, 0.1) is 0 Å². The molecule has 0 unspecified atom stereocenters. The molecule has 1 aromatic carbocycles. The number of benzene rings is 1. The molecule has 21 heavy (non-hydrogen) atoms. The van der Waals surface area contributed by atoms with Gasteiger partial charge in [0.1, 0.15) is 12.0 Å². The van der Waals surface area contributed by atoms with Gasteiger partial charge in [0.05, 0.1) is 6.54 Å². The molecule has 1 saturated carbocycles. The third kappa shape index (κ3) is 2.16. The van der Waals surface area contributed by atoms with Crippen molar-refractivity contribution in [3.63, 3.8) is 0 Å². The number of hydrogen-bond donors (Lipinski definition) is 1. The van der Waals surface area contributed by atoms with Gasteiger partial charge in [0.15, 0.2) is 5.75 Å². The van der Waals surface area contributed by atoms with Gasteiger partial charge in [-0.2, -0.15) is 0 Å². The Morgan fingerprint density at radius 2 is 2.10 bits per heavy atom. The van der Waals surface area contributed by atoms with Gasteiger partial charge in [-0.1, -0.05) is 24.3 Å². The fourth-order valence-electron chi connectivity index (χ4n) is 3.42. The van der Waals surface area contributed by atoms with Crippen molar-refractivity contribution < 1.29 is 9.52 Å². The third-order valence-corrected chi connectivity index (χ3v) is 4.61. The molecule has 1 fully saturated rings. The molecule has 0 radical (unpaired) electrons. The Morgan fingerprint density at radius 1 is 1.29 bits per heavy atom. The summed E-state index contributed by atoms with van der Waals surface area (Å²) in [5.41, 5.74) is 2.80. The quantitative estimate of drug-likeness (QED) is 0.919. The normalized spacial score (nSPS) is 19.4. The van der Waals surface area contributed by atoms with Gasteiger partial charge in [0, 0.05) is 24.6 Å². The first kappa shape index (κ1) is 12.7. The highest BCUT2D eigenvalue weighted by Gasteiger charge is 2.48. The van der Waals surface area contributed by atoms with Crippen molar-refractivity contribution >= 4 is 0 Å². The van der Waals surface area contributed by atoms with Gasteiger partial charge >= 0.3 is 0 Å².